The van der Waals surface area contributed by atoms with Gasteiger partial charge in [0.05, 0.1) is 5.92 Å². The van der Waals surface area contributed by atoms with Crippen LogP contribution in [0.3, 0.4) is 0 Å². The van der Waals surface area contributed by atoms with E-state index in [2.05, 4.69) is 21.9 Å². The number of carbonyl (C=O) groups is 2. The average molecular weight is 324 g/mol. The number of nitrogens with one attached hydrogen (secondary N) is 1. The molecule has 2 aromatic heterocycles. The number of hydrogen-bond acceptors (Lipinski definition) is 4. The lowest BCUT2D eigenvalue weighted by Gasteiger charge is -2.14. The van der Waals surface area contributed by atoms with Crippen molar-refractivity contribution in [3.63, 3.8) is 0 Å². The van der Waals surface area contributed by atoms with Crippen molar-refractivity contribution in [1.82, 2.24) is 14.9 Å². The van der Waals surface area contributed by atoms with Crippen molar-refractivity contribution in [3.05, 3.63) is 42.1 Å². The molecule has 1 fully saturated rings. The van der Waals surface area contributed by atoms with Crippen LogP contribution in [0.25, 0.3) is 11.0 Å². The normalized spacial score (nSPS) is 17.3. The average Bonchev–Trinajstić information content (AvgIpc) is 2.88. The van der Waals surface area contributed by atoms with Gasteiger partial charge in [0.2, 0.25) is 11.8 Å². The van der Waals surface area contributed by atoms with Crippen LogP contribution in [0.4, 0.5) is 5.82 Å². The van der Waals surface area contributed by atoms with Crippen molar-refractivity contribution >= 4 is 28.7 Å². The van der Waals surface area contributed by atoms with E-state index < -0.39 is 0 Å². The Kier molecular flexibility index (Phi) is 4.29. The topological polar surface area (TPSA) is 75.2 Å². The fourth-order valence-electron chi connectivity index (χ4n) is 3.01. The van der Waals surface area contributed by atoms with Gasteiger partial charge in [0, 0.05) is 30.6 Å². The molecule has 0 spiro atoms. The van der Waals surface area contributed by atoms with Crippen LogP contribution in [-0.4, -0.2) is 39.8 Å². The fraction of sp³-hybridized carbons (Fsp3) is 0.333. The lowest BCUT2D eigenvalue weighted by molar-refractivity contribution is -0.127. The minimum Gasteiger partial charge on any atom is -0.338 e. The van der Waals surface area contributed by atoms with Gasteiger partial charge < -0.3 is 10.2 Å². The highest BCUT2D eigenvalue weighted by Crippen LogP contribution is 2.21. The van der Waals surface area contributed by atoms with E-state index in [9.17, 15) is 9.59 Å². The molecular weight excluding hydrogens is 304 g/mol. The summed E-state index contributed by atoms with van der Waals surface area (Å²) >= 11 is 0. The summed E-state index contributed by atoms with van der Waals surface area (Å²) in [5.41, 5.74) is 2.60. The first-order valence-corrected chi connectivity index (χ1v) is 7.92. The number of aromatic nitrogens is 2. The van der Waals surface area contributed by atoms with E-state index in [4.69, 9.17) is 0 Å². The zero-order valence-corrected chi connectivity index (χ0v) is 13.9. The van der Waals surface area contributed by atoms with Crippen LogP contribution >= 0.6 is 0 Å². The first-order chi connectivity index (χ1) is 11.5. The Labute approximate surface area is 140 Å². The number of pyridine rings is 2. The van der Waals surface area contributed by atoms with Crippen LogP contribution in [0.1, 0.15) is 17.7 Å². The van der Waals surface area contributed by atoms with Gasteiger partial charge in [-0.05, 0) is 37.6 Å². The van der Waals surface area contributed by atoms with Gasteiger partial charge in [-0.15, -0.1) is 6.58 Å². The molecule has 1 aliphatic heterocycles. The van der Waals surface area contributed by atoms with Crippen molar-refractivity contribution in [2.45, 2.75) is 20.3 Å². The molecule has 1 saturated heterocycles. The smallest absolute Gasteiger partial charge is 0.230 e. The maximum absolute atomic E-state index is 12.4. The maximum atomic E-state index is 12.4. The third kappa shape index (κ3) is 3.13. The first kappa shape index (κ1) is 16.1. The van der Waals surface area contributed by atoms with Crippen LogP contribution in [0.2, 0.25) is 0 Å². The molecule has 124 valence electrons. The SMILES string of the molecule is C=CCN1CC(C(=O)Nc2ccc3c(C)cc(C)nc3n2)CC1=O. The zero-order valence-electron chi connectivity index (χ0n) is 13.9. The van der Waals surface area contributed by atoms with Gasteiger partial charge in [-0.2, -0.15) is 0 Å². The van der Waals surface area contributed by atoms with E-state index >= 15 is 0 Å². The Morgan fingerprint density at radius 2 is 2.21 bits per heavy atom. The number of aryl methyl sites for hydroxylation is 2. The van der Waals surface area contributed by atoms with E-state index in [0.717, 1.165) is 16.6 Å². The summed E-state index contributed by atoms with van der Waals surface area (Å²) in [5, 5.41) is 3.77. The molecule has 1 aliphatic rings. The summed E-state index contributed by atoms with van der Waals surface area (Å²) in [7, 11) is 0. The van der Waals surface area contributed by atoms with Crippen molar-refractivity contribution < 1.29 is 9.59 Å². The van der Waals surface area contributed by atoms with Crippen LogP contribution in [-0.2, 0) is 9.59 Å². The lowest BCUT2D eigenvalue weighted by atomic mass is 10.1. The molecule has 0 aromatic carbocycles. The maximum Gasteiger partial charge on any atom is 0.230 e. The molecule has 3 rings (SSSR count). The molecule has 2 amide bonds. The monoisotopic (exact) mass is 324 g/mol. The van der Waals surface area contributed by atoms with E-state index in [1.54, 1.807) is 17.0 Å². The van der Waals surface area contributed by atoms with Crippen LogP contribution in [0.15, 0.2) is 30.9 Å². The second kappa shape index (κ2) is 6.39. The third-order valence-electron chi connectivity index (χ3n) is 4.19. The Morgan fingerprint density at radius 3 is 2.96 bits per heavy atom. The zero-order chi connectivity index (χ0) is 17.3. The van der Waals surface area contributed by atoms with E-state index in [1.165, 1.54) is 0 Å². The van der Waals surface area contributed by atoms with E-state index in [-0.39, 0.29) is 24.2 Å². The molecule has 3 heterocycles. The number of nitrogens with zero attached hydrogens (tertiary/aromatic N) is 3. The van der Waals surface area contributed by atoms with Gasteiger partial charge in [0.15, 0.2) is 5.65 Å². The molecule has 2 aromatic rings. The van der Waals surface area contributed by atoms with Gasteiger partial charge in [0.1, 0.15) is 5.82 Å². The number of hydrogen-bond donors (Lipinski definition) is 1. The minimum atomic E-state index is -0.359. The molecule has 0 bridgehead atoms. The summed E-state index contributed by atoms with van der Waals surface area (Å²) in [4.78, 5) is 34.7. The van der Waals surface area contributed by atoms with Gasteiger partial charge in [0.25, 0.3) is 0 Å². The summed E-state index contributed by atoms with van der Waals surface area (Å²) in [6.07, 6.45) is 1.89. The Bertz CT molecular complexity index is 831. The predicted octanol–water partition coefficient (Wildman–Crippen LogP) is 2.22. The molecular formula is C18H20N4O2. The number of rotatable bonds is 4. The largest absolute Gasteiger partial charge is 0.338 e. The Morgan fingerprint density at radius 1 is 1.42 bits per heavy atom. The standard InChI is InChI=1S/C18H20N4O2/c1-4-7-22-10-13(9-16(22)23)18(24)21-15-6-5-14-11(2)8-12(3)19-17(14)20-15/h4-6,8,13H,1,7,9-10H2,2-3H3,(H,19,20,21,24). The van der Waals surface area contributed by atoms with Gasteiger partial charge in [-0.25, -0.2) is 9.97 Å². The molecule has 1 unspecified atom stereocenters. The molecule has 0 radical (unpaired) electrons. The van der Waals surface area contributed by atoms with Crippen molar-refractivity contribution in [2.75, 3.05) is 18.4 Å². The minimum absolute atomic E-state index is 0.0190. The summed E-state index contributed by atoms with van der Waals surface area (Å²) < 4.78 is 0. The third-order valence-corrected chi connectivity index (χ3v) is 4.19. The molecule has 24 heavy (non-hydrogen) atoms. The van der Waals surface area contributed by atoms with E-state index in [0.29, 0.717) is 24.6 Å². The van der Waals surface area contributed by atoms with Crippen molar-refractivity contribution in [2.24, 2.45) is 5.92 Å². The molecule has 0 saturated carbocycles. The molecule has 6 heteroatoms. The quantitative estimate of drug-likeness (QED) is 0.875. The van der Waals surface area contributed by atoms with Crippen LogP contribution < -0.4 is 5.32 Å². The number of amides is 2. The number of likely N-dealkylation sites (tertiary alicyclic amines) is 1. The molecule has 6 nitrogen and oxygen atoms in total. The van der Waals surface area contributed by atoms with E-state index in [1.807, 2.05) is 26.0 Å². The predicted molar refractivity (Wildman–Crippen MR) is 92.5 cm³/mol. The molecule has 1 atom stereocenters. The van der Waals surface area contributed by atoms with Gasteiger partial charge in [-0.1, -0.05) is 6.08 Å². The summed E-state index contributed by atoms with van der Waals surface area (Å²) in [6, 6.07) is 5.67. The Balaban J connectivity index is 1.76. The summed E-state index contributed by atoms with van der Waals surface area (Å²) in [5.74, 6) is -0.109. The number of anilines is 1. The number of carbonyl (C=O) groups excluding carboxylic acids is 2. The lowest BCUT2D eigenvalue weighted by Crippen LogP contribution is -2.28. The van der Waals surface area contributed by atoms with Crippen molar-refractivity contribution in [1.29, 1.82) is 0 Å². The highest BCUT2D eigenvalue weighted by Gasteiger charge is 2.33. The van der Waals surface area contributed by atoms with Gasteiger partial charge >= 0.3 is 0 Å². The number of fused-ring (bicyclic) bond motifs is 1. The Hall–Kier alpha value is -2.76. The van der Waals surface area contributed by atoms with Crippen LogP contribution in [0.5, 0.6) is 0 Å². The molecule has 0 aliphatic carbocycles. The second-order valence-electron chi connectivity index (χ2n) is 6.13. The second-order valence-corrected chi connectivity index (χ2v) is 6.13. The van der Waals surface area contributed by atoms with Crippen LogP contribution in [0, 0.1) is 19.8 Å². The van der Waals surface area contributed by atoms with Crippen molar-refractivity contribution in [3.8, 4) is 0 Å². The summed E-state index contributed by atoms with van der Waals surface area (Å²) in [6.45, 7) is 8.44. The van der Waals surface area contributed by atoms with Gasteiger partial charge in [-0.3, -0.25) is 9.59 Å². The fourth-order valence-corrected chi connectivity index (χ4v) is 3.01. The first-order valence-electron chi connectivity index (χ1n) is 7.92. The highest BCUT2D eigenvalue weighted by atomic mass is 16.2. The highest BCUT2D eigenvalue weighted by molar-refractivity contribution is 5.97. The molecule has 1 N–H and O–H groups in total.